The first kappa shape index (κ1) is 15.7. The molecule has 0 saturated carbocycles. The minimum Gasteiger partial charge on any atom is -0.406 e. The second-order valence-electron chi connectivity index (χ2n) is 4.43. The van der Waals surface area contributed by atoms with Gasteiger partial charge >= 0.3 is 6.36 Å². The molecule has 1 atom stereocenters. The van der Waals surface area contributed by atoms with Gasteiger partial charge in [0.15, 0.2) is 0 Å². The minimum atomic E-state index is -4.72. The van der Waals surface area contributed by atoms with Crippen molar-refractivity contribution in [2.75, 3.05) is 0 Å². The molecule has 21 heavy (non-hydrogen) atoms. The van der Waals surface area contributed by atoms with E-state index in [1.165, 1.54) is 24.3 Å². The monoisotopic (exact) mass is 316 g/mol. The molecule has 2 aromatic rings. The van der Waals surface area contributed by atoms with Crippen LogP contribution in [0.1, 0.15) is 17.2 Å². The number of rotatable bonds is 4. The van der Waals surface area contributed by atoms with Crippen molar-refractivity contribution in [2.45, 2.75) is 18.9 Å². The molecule has 2 rings (SSSR count). The molecule has 0 amide bonds. The summed E-state index contributed by atoms with van der Waals surface area (Å²) < 4.78 is 39.9. The lowest BCUT2D eigenvalue weighted by molar-refractivity contribution is -0.274. The van der Waals surface area contributed by atoms with E-state index in [2.05, 4.69) is 4.74 Å². The molecule has 0 fully saturated rings. The summed E-state index contributed by atoms with van der Waals surface area (Å²) in [5.74, 6) is -0.323. The zero-order chi connectivity index (χ0) is 15.5. The van der Waals surface area contributed by atoms with Crippen LogP contribution in [0.25, 0.3) is 0 Å². The first-order chi connectivity index (χ1) is 9.85. The summed E-state index contributed by atoms with van der Waals surface area (Å²) in [5.41, 5.74) is 1.26. The smallest absolute Gasteiger partial charge is 0.406 e. The van der Waals surface area contributed by atoms with E-state index in [1.807, 2.05) is 0 Å². The van der Waals surface area contributed by atoms with Gasteiger partial charge in [-0.2, -0.15) is 0 Å². The van der Waals surface area contributed by atoms with Crippen LogP contribution in [0, 0.1) is 0 Å². The highest BCUT2D eigenvalue weighted by Gasteiger charge is 2.31. The van der Waals surface area contributed by atoms with Crippen LogP contribution in [-0.4, -0.2) is 11.5 Å². The maximum atomic E-state index is 12.0. The summed E-state index contributed by atoms with van der Waals surface area (Å²) in [5, 5.41) is 10.6. The van der Waals surface area contributed by atoms with Crippen molar-refractivity contribution in [1.82, 2.24) is 0 Å². The van der Waals surface area contributed by atoms with Crippen molar-refractivity contribution < 1.29 is 23.0 Å². The molecular weight excluding hydrogens is 305 g/mol. The topological polar surface area (TPSA) is 29.5 Å². The third-order valence-corrected chi connectivity index (χ3v) is 3.24. The van der Waals surface area contributed by atoms with Gasteiger partial charge in [0.05, 0.1) is 6.10 Å². The Morgan fingerprint density at radius 3 is 2.24 bits per heavy atom. The van der Waals surface area contributed by atoms with E-state index in [4.69, 9.17) is 11.6 Å². The molecule has 1 N–H and O–H groups in total. The fourth-order valence-corrected chi connectivity index (χ4v) is 2.09. The molecule has 0 spiro atoms. The van der Waals surface area contributed by atoms with Crippen LogP contribution in [0.15, 0.2) is 48.5 Å². The van der Waals surface area contributed by atoms with Crippen LogP contribution >= 0.6 is 11.6 Å². The van der Waals surface area contributed by atoms with Crippen LogP contribution in [0.4, 0.5) is 13.2 Å². The predicted octanol–water partition coefficient (Wildman–Crippen LogP) is 4.51. The molecule has 0 aromatic heterocycles. The van der Waals surface area contributed by atoms with Gasteiger partial charge in [-0.25, -0.2) is 0 Å². The van der Waals surface area contributed by atoms with Crippen molar-refractivity contribution in [2.24, 2.45) is 0 Å². The quantitative estimate of drug-likeness (QED) is 0.899. The van der Waals surface area contributed by atoms with Crippen molar-refractivity contribution in [1.29, 1.82) is 0 Å². The number of aliphatic hydroxyl groups is 1. The average Bonchev–Trinajstić information content (AvgIpc) is 2.40. The fourth-order valence-electron chi connectivity index (χ4n) is 1.88. The zero-order valence-corrected chi connectivity index (χ0v) is 11.5. The summed E-state index contributed by atoms with van der Waals surface area (Å²) >= 11 is 6.00. The van der Waals surface area contributed by atoms with E-state index < -0.39 is 12.5 Å². The van der Waals surface area contributed by atoms with Crippen LogP contribution in [0.5, 0.6) is 5.75 Å². The zero-order valence-electron chi connectivity index (χ0n) is 10.8. The maximum Gasteiger partial charge on any atom is 0.573 e. The number of benzene rings is 2. The molecule has 112 valence electrons. The van der Waals surface area contributed by atoms with Crippen molar-refractivity contribution in [3.63, 3.8) is 0 Å². The second-order valence-corrected chi connectivity index (χ2v) is 4.84. The largest absolute Gasteiger partial charge is 0.573 e. The van der Waals surface area contributed by atoms with Crippen LogP contribution in [-0.2, 0) is 6.42 Å². The normalized spacial score (nSPS) is 13.0. The highest BCUT2D eigenvalue weighted by molar-refractivity contribution is 6.31. The van der Waals surface area contributed by atoms with Crippen molar-refractivity contribution in [3.8, 4) is 5.75 Å². The molecule has 0 saturated heterocycles. The Kier molecular flexibility index (Phi) is 4.75. The van der Waals surface area contributed by atoms with Gasteiger partial charge in [-0.05, 0) is 29.3 Å². The Hall–Kier alpha value is -1.72. The van der Waals surface area contributed by atoms with E-state index in [9.17, 15) is 18.3 Å². The number of halogens is 4. The van der Waals surface area contributed by atoms with Gasteiger partial charge in [0.2, 0.25) is 0 Å². The number of alkyl halides is 3. The lowest BCUT2D eigenvalue weighted by Crippen LogP contribution is -2.17. The number of aliphatic hydroxyl groups excluding tert-OH is 1. The minimum absolute atomic E-state index is 0.277. The Labute approximate surface area is 124 Å². The third-order valence-electron chi connectivity index (χ3n) is 2.87. The molecule has 0 heterocycles. The molecular formula is C15H12ClF3O2. The Morgan fingerprint density at radius 2 is 1.67 bits per heavy atom. The number of hydrogen-bond donors (Lipinski definition) is 1. The van der Waals surface area contributed by atoms with Crippen LogP contribution in [0.3, 0.4) is 0 Å². The van der Waals surface area contributed by atoms with Crippen LogP contribution < -0.4 is 4.74 Å². The Balaban J connectivity index is 2.06. The van der Waals surface area contributed by atoms with Gasteiger partial charge in [0.1, 0.15) is 5.75 Å². The average molecular weight is 317 g/mol. The lowest BCUT2D eigenvalue weighted by atomic mass is 10.0. The molecule has 2 aromatic carbocycles. The van der Waals surface area contributed by atoms with Crippen LogP contribution in [0.2, 0.25) is 5.02 Å². The fraction of sp³-hybridized carbons (Fsp3) is 0.200. The summed E-state index contributed by atoms with van der Waals surface area (Å²) in [7, 11) is 0. The highest BCUT2D eigenvalue weighted by atomic mass is 35.5. The van der Waals surface area contributed by atoms with E-state index in [0.29, 0.717) is 10.6 Å². The molecule has 0 aliphatic heterocycles. The summed E-state index contributed by atoms with van der Waals surface area (Å²) in [6.07, 6.45) is -5.30. The Bertz CT molecular complexity index is 597. The molecule has 0 bridgehead atoms. The predicted molar refractivity (Wildman–Crippen MR) is 73.2 cm³/mol. The van der Waals surface area contributed by atoms with E-state index in [1.54, 1.807) is 24.3 Å². The third kappa shape index (κ3) is 4.65. The SMILES string of the molecule is OC(Cc1ccccc1Cl)c1ccc(OC(F)(F)F)cc1. The molecule has 2 nitrogen and oxygen atoms in total. The molecule has 1 unspecified atom stereocenters. The first-order valence-corrected chi connectivity index (χ1v) is 6.50. The van der Waals surface area contributed by atoms with Gasteiger partial charge in [0.25, 0.3) is 0 Å². The summed E-state index contributed by atoms with van der Waals surface area (Å²) in [6.45, 7) is 0. The second kappa shape index (κ2) is 6.37. The van der Waals surface area contributed by atoms with Gasteiger partial charge in [0, 0.05) is 11.4 Å². The standard InChI is InChI=1S/C15H12ClF3O2/c16-13-4-2-1-3-11(13)9-14(20)10-5-7-12(8-6-10)21-15(17,18)19/h1-8,14,20H,9H2. The maximum absolute atomic E-state index is 12.0. The summed E-state index contributed by atoms with van der Waals surface area (Å²) in [6, 6.07) is 12.2. The van der Waals surface area contributed by atoms with E-state index >= 15 is 0 Å². The van der Waals surface area contributed by atoms with Crippen molar-refractivity contribution in [3.05, 3.63) is 64.7 Å². The highest BCUT2D eigenvalue weighted by Crippen LogP contribution is 2.27. The first-order valence-electron chi connectivity index (χ1n) is 6.12. The number of ether oxygens (including phenoxy) is 1. The Morgan fingerprint density at radius 1 is 1.05 bits per heavy atom. The van der Waals surface area contributed by atoms with E-state index in [-0.39, 0.29) is 12.2 Å². The lowest BCUT2D eigenvalue weighted by Gasteiger charge is -2.13. The van der Waals surface area contributed by atoms with Crippen molar-refractivity contribution >= 4 is 11.6 Å². The van der Waals surface area contributed by atoms with Gasteiger partial charge in [-0.3, -0.25) is 0 Å². The molecule has 0 radical (unpaired) electrons. The molecule has 6 heteroatoms. The van der Waals surface area contributed by atoms with Gasteiger partial charge in [-0.1, -0.05) is 41.9 Å². The van der Waals surface area contributed by atoms with Gasteiger partial charge in [-0.15, -0.1) is 13.2 Å². The number of hydrogen-bond acceptors (Lipinski definition) is 2. The molecule has 0 aliphatic rings. The summed E-state index contributed by atoms with van der Waals surface area (Å²) in [4.78, 5) is 0. The molecule has 0 aliphatic carbocycles. The van der Waals surface area contributed by atoms with E-state index in [0.717, 1.165) is 5.56 Å². The van der Waals surface area contributed by atoms with Gasteiger partial charge < -0.3 is 9.84 Å².